The summed E-state index contributed by atoms with van der Waals surface area (Å²) in [6, 6.07) is 79.4. The zero-order valence-corrected chi connectivity index (χ0v) is 48.2. The van der Waals surface area contributed by atoms with Crippen LogP contribution in [0.15, 0.2) is 206 Å². The van der Waals surface area contributed by atoms with Crippen molar-refractivity contribution in [3.63, 3.8) is 0 Å². The first-order chi connectivity index (χ1) is 35.2. The molecule has 1 aliphatic rings. The third-order valence-electron chi connectivity index (χ3n) is 15.6. The molecule has 0 unspecified atom stereocenters. The summed E-state index contributed by atoms with van der Waals surface area (Å²) >= 11 is 1.92. The van der Waals surface area contributed by atoms with Crippen molar-refractivity contribution in [2.75, 3.05) is 9.80 Å². The monoisotopic (exact) mass is 1010 g/mol. The summed E-state index contributed by atoms with van der Waals surface area (Å²) in [5.74, 6) is 0. The first-order valence-corrected chi connectivity index (χ1v) is 34.3. The summed E-state index contributed by atoms with van der Waals surface area (Å²) in [5.41, 5.74) is 16.6. The number of hydrogen-bond donors (Lipinski definition) is 0. The van der Waals surface area contributed by atoms with Crippen LogP contribution in [0.1, 0.15) is 74.9 Å². The molecule has 0 N–H and O–H groups in total. The summed E-state index contributed by atoms with van der Waals surface area (Å²) in [4.78, 5) is 5.04. The van der Waals surface area contributed by atoms with Crippen LogP contribution in [0.25, 0.3) is 31.3 Å². The van der Waals surface area contributed by atoms with Crippen LogP contribution in [0, 0.1) is 0 Å². The lowest BCUT2D eigenvalue weighted by molar-refractivity contribution is 0.590. The van der Waals surface area contributed by atoms with Gasteiger partial charge in [-0.25, -0.2) is 0 Å². The summed E-state index contributed by atoms with van der Waals surface area (Å²) in [6.07, 6.45) is 0. The van der Waals surface area contributed by atoms with Crippen LogP contribution in [0.3, 0.4) is 0 Å². The minimum absolute atomic E-state index is 0.0210. The van der Waals surface area contributed by atoms with Gasteiger partial charge in [0.1, 0.15) is 0 Å². The van der Waals surface area contributed by atoms with E-state index in [1.165, 1.54) is 80.7 Å². The molecule has 1 heterocycles. The Kier molecular flexibility index (Phi) is 12.2. The number of benzene rings is 9. The normalized spacial score (nSPS) is 13.5. The van der Waals surface area contributed by atoms with Crippen LogP contribution in [-0.2, 0) is 16.2 Å². The third kappa shape index (κ3) is 8.57. The Hall–Kier alpha value is -6.77. The maximum absolute atomic E-state index is 2.59. The molecule has 1 aromatic heterocycles. The summed E-state index contributed by atoms with van der Waals surface area (Å²) < 4.78 is 2.57. The predicted molar refractivity (Wildman–Crippen MR) is 329 cm³/mol. The van der Waals surface area contributed by atoms with E-state index in [9.17, 15) is 0 Å². The van der Waals surface area contributed by atoms with Gasteiger partial charge in [-0.2, -0.15) is 0 Å². The SMILES string of the molecule is CC(C)(C)c1ccc(N(c2ccc([Si](C)(C)C)cc2)c2ccc3c(c2)C(c2ccccc2)(c2ccccc2)c2cc(N(c4ccc(C(C)(C)C)cc4)c4ccc([Si](C)(C)C)cc4)c4sc5ccccc5c4c2-3)cc1. The highest BCUT2D eigenvalue weighted by atomic mass is 32.1. The Morgan fingerprint density at radius 2 is 0.824 bits per heavy atom. The zero-order chi connectivity index (χ0) is 52.0. The molecule has 0 atom stereocenters. The number of thiophene rings is 1. The van der Waals surface area contributed by atoms with Crippen LogP contribution in [0.5, 0.6) is 0 Å². The Morgan fingerprint density at radius 1 is 0.405 bits per heavy atom. The van der Waals surface area contributed by atoms with Gasteiger partial charge >= 0.3 is 0 Å². The fraction of sp³-hybridized carbons (Fsp3) is 0.217. The molecule has 0 spiro atoms. The van der Waals surface area contributed by atoms with Gasteiger partial charge in [0.15, 0.2) is 0 Å². The van der Waals surface area contributed by atoms with Crippen molar-refractivity contribution in [3.05, 3.63) is 240 Å². The first-order valence-electron chi connectivity index (χ1n) is 26.5. The van der Waals surface area contributed by atoms with Gasteiger partial charge in [0, 0.05) is 43.9 Å². The number of anilines is 6. The summed E-state index contributed by atoms with van der Waals surface area (Å²) in [5, 5.41) is 5.51. The molecule has 1 aliphatic carbocycles. The van der Waals surface area contributed by atoms with E-state index in [2.05, 4.69) is 297 Å². The maximum atomic E-state index is 2.59. The highest BCUT2D eigenvalue weighted by molar-refractivity contribution is 7.26. The number of hydrogen-bond acceptors (Lipinski definition) is 3. The van der Waals surface area contributed by atoms with Crippen LogP contribution in [0.4, 0.5) is 34.1 Å². The van der Waals surface area contributed by atoms with Gasteiger partial charge in [-0.3, -0.25) is 0 Å². The minimum Gasteiger partial charge on any atom is -0.310 e. The van der Waals surface area contributed by atoms with E-state index in [-0.39, 0.29) is 10.8 Å². The highest BCUT2D eigenvalue weighted by Gasteiger charge is 2.48. The third-order valence-corrected chi connectivity index (χ3v) is 20.9. The van der Waals surface area contributed by atoms with E-state index in [1.54, 1.807) is 0 Å². The largest absolute Gasteiger partial charge is 0.310 e. The second kappa shape index (κ2) is 18.3. The molecule has 0 bridgehead atoms. The van der Waals surface area contributed by atoms with Crippen molar-refractivity contribution < 1.29 is 0 Å². The number of nitrogens with zero attached hydrogens (tertiary/aromatic N) is 2. The lowest BCUT2D eigenvalue weighted by Crippen LogP contribution is -2.37. The first kappa shape index (κ1) is 49.4. The van der Waals surface area contributed by atoms with Crippen LogP contribution in [-0.4, -0.2) is 16.1 Å². The van der Waals surface area contributed by atoms with Crippen molar-refractivity contribution in [2.45, 2.75) is 97.1 Å². The molecule has 9 aromatic carbocycles. The topological polar surface area (TPSA) is 6.48 Å². The molecule has 0 fully saturated rings. The van der Waals surface area contributed by atoms with Gasteiger partial charge in [-0.1, -0.05) is 225 Å². The van der Waals surface area contributed by atoms with E-state index < -0.39 is 21.6 Å². The lowest BCUT2D eigenvalue weighted by atomic mass is 9.67. The zero-order valence-electron chi connectivity index (χ0n) is 45.4. The number of fused-ring (bicyclic) bond motifs is 7. The van der Waals surface area contributed by atoms with Gasteiger partial charge in [-0.15, -0.1) is 11.3 Å². The molecular formula is C69H70N2SSi2. The quantitative estimate of drug-likeness (QED) is 0.126. The Labute approximate surface area is 447 Å². The van der Waals surface area contributed by atoms with E-state index in [0.717, 1.165) is 28.4 Å². The molecule has 0 aliphatic heterocycles. The minimum atomic E-state index is -1.58. The molecule has 0 amide bonds. The molecule has 0 radical (unpaired) electrons. The molecule has 0 saturated heterocycles. The van der Waals surface area contributed by atoms with Gasteiger partial charge in [0.05, 0.1) is 32.0 Å². The molecule has 370 valence electrons. The molecule has 0 saturated carbocycles. The van der Waals surface area contributed by atoms with Crippen LogP contribution >= 0.6 is 11.3 Å². The Bertz CT molecular complexity index is 3510. The van der Waals surface area contributed by atoms with E-state index >= 15 is 0 Å². The van der Waals surface area contributed by atoms with E-state index in [4.69, 9.17) is 0 Å². The predicted octanol–water partition coefficient (Wildman–Crippen LogP) is 19.0. The van der Waals surface area contributed by atoms with Crippen molar-refractivity contribution >= 4 is 92.2 Å². The second-order valence-electron chi connectivity index (χ2n) is 24.7. The van der Waals surface area contributed by atoms with Crippen LogP contribution in [0.2, 0.25) is 39.3 Å². The van der Waals surface area contributed by atoms with Gasteiger partial charge in [-0.05, 0) is 128 Å². The molecule has 10 aromatic rings. The molecule has 74 heavy (non-hydrogen) atoms. The van der Waals surface area contributed by atoms with Crippen molar-refractivity contribution in [2.24, 2.45) is 0 Å². The van der Waals surface area contributed by atoms with E-state index in [0.29, 0.717) is 0 Å². The molecule has 2 nitrogen and oxygen atoms in total. The fourth-order valence-corrected chi connectivity index (χ4v) is 15.0. The molecule has 5 heteroatoms. The standard InChI is InChI=1S/C69H70N2SSi2/c1-67(2,3)47-27-31-51(32-28-47)70(52-35-40-56(41-36-52)73(7,8)9)55-39-44-58-60(45-55)69(49-21-15-13-16-22-49,50-23-17-14-18-24-50)61-46-62(66-65(64(58)61)59-25-19-20-26-63(59)72-66)71(53-33-29-48(30-34-53)68(4,5)6)54-37-42-57(43-38-54)74(10,11)12/h13-46H,1-12H3. The molecule has 11 rings (SSSR count). The van der Waals surface area contributed by atoms with Gasteiger partial charge < -0.3 is 9.80 Å². The maximum Gasteiger partial charge on any atom is 0.0775 e. The van der Waals surface area contributed by atoms with Crippen molar-refractivity contribution in [1.82, 2.24) is 0 Å². The summed E-state index contributed by atoms with van der Waals surface area (Å²) in [7, 11) is -3.14. The fourth-order valence-electron chi connectivity index (χ4n) is 11.5. The van der Waals surface area contributed by atoms with Crippen molar-refractivity contribution in [1.29, 1.82) is 0 Å². The molecular weight excluding hydrogens is 945 g/mol. The Balaban J connectivity index is 1.25. The van der Waals surface area contributed by atoms with Crippen molar-refractivity contribution in [3.8, 4) is 11.1 Å². The average Bonchev–Trinajstić information content (AvgIpc) is 3.91. The Morgan fingerprint density at radius 3 is 1.28 bits per heavy atom. The van der Waals surface area contributed by atoms with Crippen LogP contribution < -0.4 is 20.2 Å². The lowest BCUT2D eigenvalue weighted by Gasteiger charge is -2.36. The van der Waals surface area contributed by atoms with Gasteiger partial charge in [0.2, 0.25) is 0 Å². The number of rotatable bonds is 10. The van der Waals surface area contributed by atoms with E-state index in [1.807, 2.05) is 11.3 Å². The second-order valence-corrected chi connectivity index (χ2v) is 35.9. The smallest absolute Gasteiger partial charge is 0.0775 e. The highest BCUT2D eigenvalue weighted by Crippen LogP contribution is 2.62. The summed E-state index contributed by atoms with van der Waals surface area (Å²) in [6.45, 7) is 28.4. The van der Waals surface area contributed by atoms with Gasteiger partial charge in [0.25, 0.3) is 0 Å². The average molecular weight is 1020 g/mol.